The number of halogens is 2. The van der Waals surface area contributed by atoms with Crippen molar-refractivity contribution in [3.8, 4) is 11.5 Å². The summed E-state index contributed by atoms with van der Waals surface area (Å²) >= 11 is 6.47. The van der Waals surface area contributed by atoms with Gasteiger partial charge in [0.05, 0.1) is 6.04 Å². The average Bonchev–Trinajstić information content (AvgIpc) is 2.64. The highest BCUT2D eigenvalue weighted by molar-refractivity contribution is 6.31. The molecule has 2 unspecified atom stereocenters. The second-order valence-electron chi connectivity index (χ2n) is 7.53. The van der Waals surface area contributed by atoms with Crippen molar-refractivity contribution in [1.82, 2.24) is 10.2 Å². The van der Waals surface area contributed by atoms with Crippen molar-refractivity contribution in [2.24, 2.45) is 0 Å². The molecule has 0 aromatic heterocycles. The number of ether oxygens (including phenoxy) is 1. The normalized spacial score (nSPS) is 18.6. The smallest absolute Gasteiger partial charge is 0.150 e. The average molecular weight is 425 g/mol. The molecular formula is C22H30Cl2N2O2. The number of aromatic hydroxyl groups is 1. The van der Waals surface area contributed by atoms with Gasteiger partial charge in [0.1, 0.15) is 17.7 Å². The van der Waals surface area contributed by atoms with Crippen LogP contribution in [0.25, 0.3) is 0 Å². The lowest BCUT2D eigenvalue weighted by Gasteiger charge is -2.40. The molecular weight excluding hydrogens is 395 g/mol. The first-order chi connectivity index (χ1) is 12.9. The summed E-state index contributed by atoms with van der Waals surface area (Å²) in [5, 5.41) is 14.3. The van der Waals surface area contributed by atoms with E-state index in [1.54, 1.807) is 0 Å². The summed E-state index contributed by atoms with van der Waals surface area (Å²) in [5.74, 6) is 1.42. The number of hydrogen-bond acceptors (Lipinski definition) is 4. The summed E-state index contributed by atoms with van der Waals surface area (Å²) < 4.78 is 6.42. The summed E-state index contributed by atoms with van der Waals surface area (Å²) in [4.78, 5) is 2.35. The van der Waals surface area contributed by atoms with E-state index in [1.807, 2.05) is 37.3 Å². The second kappa shape index (κ2) is 9.84. The molecule has 2 atom stereocenters. The molecule has 2 aromatic rings. The minimum absolute atomic E-state index is 0. The molecule has 154 valence electrons. The minimum Gasteiger partial charge on any atom is -0.508 e. The molecule has 0 saturated carbocycles. The quantitative estimate of drug-likeness (QED) is 0.685. The van der Waals surface area contributed by atoms with Crippen LogP contribution in [0.1, 0.15) is 49.4 Å². The van der Waals surface area contributed by atoms with Gasteiger partial charge >= 0.3 is 0 Å². The Labute approximate surface area is 179 Å². The van der Waals surface area contributed by atoms with Crippen LogP contribution in [0, 0.1) is 6.92 Å². The van der Waals surface area contributed by atoms with E-state index in [4.69, 9.17) is 16.3 Å². The van der Waals surface area contributed by atoms with Gasteiger partial charge in [-0.25, -0.2) is 0 Å². The van der Waals surface area contributed by atoms with E-state index in [1.165, 1.54) is 0 Å². The molecule has 6 heteroatoms. The third-order valence-electron chi connectivity index (χ3n) is 5.26. The van der Waals surface area contributed by atoms with Crippen LogP contribution >= 0.6 is 24.0 Å². The van der Waals surface area contributed by atoms with Gasteiger partial charge in [0.25, 0.3) is 0 Å². The predicted octanol–water partition coefficient (Wildman–Crippen LogP) is 5.27. The highest BCUT2D eigenvalue weighted by Crippen LogP contribution is 2.35. The maximum Gasteiger partial charge on any atom is 0.150 e. The number of phenolic OH excluding ortho intramolecular Hbond substituents is 1. The monoisotopic (exact) mass is 424 g/mol. The lowest BCUT2D eigenvalue weighted by atomic mass is 9.99. The maximum absolute atomic E-state index is 10.1. The SMILES string of the molecule is Cc1cc(OC(C)N2CCNCC2c2ccccc2Cl)c(C(C)C)cc1O.Cl. The zero-order chi connectivity index (χ0) is 19.6. The van der Waals surface area contributed by atoms with Crippen molar-refractivity contribution in [3.63, 3.8) is 0 Å². The third kappa shape index (κ3) is 4.93. The Kier molecular flexibility index (Phi) is 8.02. The largest absolute Gasteiger partial charge is 0.508 e. The number of nitrogens with one attached hydrogen (secondary N) is 1. The highest BCUT2D eigenvalue weighted by atomic mass is 35.5. The first-order valence-corrected chi connectivity index (χ1v) is 9.97. The molecule has 0 spiro atoms. The molecule has 2 N–H and O–H groups in total. The van der Waals surface area contributed by atoms with Crippen molar-refractivity contribution < 1.29 is 9.84 Å². The molecule has 2 aromatic carbocycles. The molecule has 1 aliphatic rings. The first-order valence-electron chi connectivity index (χ1n) is 9.59. The summed E-state index contributed by atoms with van der Waals surface area (Å²) in [7, 11) is 0. The third-order valence-corrected chi connectivity index (χ3v) is 5.61. The van der Waals surface area contributed by atoms with E-state index in [0.717, 1.165) is 47.1 Å². The summed E-state index contributed by atoms with van der Waals surface area (Å²) in [6.45, 7) is 10.8. The van der Waals surface area contributed by atoms with Crippen LogP contribution < -0.4 is 10.1 Å². The Morgan fingerprint density at radius 2 is 1.93 bits per heavy atom. The number of benzene rings is 2. The molecule has 1 aliphatic heterocycles. The van der Waals surface area contributed by atoms with Crippen molar-refractivity contribution in [1.29, 1.82) is 0 Å². The molecule has 0 amide bonds. The highest BCUT2D eigenvalue weighted by Gasteiger charge is 2.30. The van der Waals surface area contributed by atoms with Gasteiger partial charge < -0.3 is 15.2 Å². The molecule has 28 heavy (non-hydrogen) atoms. The van der Waals surface area contributed by atoms with E-state index in [0.29, 0.717) is 5.75 Å². The van der Waals surface area contributed by atoms with Crippen molar-refractivity contribution in [2.75, 3.05) is 19.6 Å². The number of piperazine rings is 1. The van der Waals surface area contributed by atoms with Crippen LogP contribution in [-0.2, 0) is 0 Å². The van der Waals surface area contributed by atoms with E-state index in [-0.39, 0.29) is 30.6 Å². The number of rotatable bonds is 5. The molecule has 0 aliphatic carbocycles. The number of phenols is 1. The van der Waals surface area contributed by atoms with Gasteiger partial charge in [0.2, 0.25) is 0 Å². The maximum atomic E-state index is 10.1. The molecule has 1 heterocycles. The van der Waals surface area contributed by atoms with Crippen molar-refractivity contribution in [3.05, 3.63) is 58.1 Å². The van der Waals surface area contributed by atoms with Crippen LogP contribution in [0.5, 0.6) is 11.5 Å². The lowest BCUT2D eigenvalue weighted by molar-refractivity contribution is -0.00639. The van der Waals surface area contributed by atoms with Gasteiger partial charge in [-0.3, -0.25) is 4.90 Å². The van der Waals surface area contributed by atoms with E-state index in [2.05, 4.69) is 37.1 Å². The van der Waals surface area contributed by atoms with Crippen molar-refractivity contribution >= 4 is 24.0 Å². The zero-order valence-corrected chi connectivity index (χ0v) is 18.5. The van der Waals surface area contributed by atoms with E-state index < -0.39 is 0 Å². The van der Waals surface area contributed by atoms with Gasteiger partial charge in [-0.2, -0.15) is 0 Å². The number of nitrogens with zero attached hydrogens (tertiary/aromatic N) is 1. The number of hydrogen-bond donors (Lipinski definition) is 2. The summed E-state index contributed by atoms with van der Waals surface area (Å²) in [5.41, 5.74) is 2.96. The van der Waals surface area contributed by atoms with Gasteiger partial charge in [-0.05, 0) is 49.1 Å². The lowest BCUT2D eigenvalue weighted by Crippen LogP contribution is -2.51. The zero-order valence-electron chi connectivity index (χ0n) is 16.9. The Balaban J connectivity index is 0.00000280. The van der Waals surface area contributed by atoms with Gasteiger partial charge in [-0.1, -0.05) is 43.6 Å². The van der Waals surface area contributed by atoms with E-state index in [9.17, 15) is 5.11 Å². The van der Waals surface area contributed by atoms with Crippen LogP contribution in [0.2, 0.25) is 5.02 Å². The molecule has 0 radical (unpaired) electrons. The fourth-order valence-corrected chi connectivity index (χ4v) is 3.94. The van der Waals surface area contributed by atoms with Crippen LogP contribution in [0.15, 0.2) is 36.4 Å². The summed E-state index contributed by atoms with van der Waals surface area (Å²) in [6.07, 6.45) is -0.116. The van der Waals surface area contributed by atoms with Crippen LogP contribution in [-0.4, -0.2) is 35.9 Å². The van der Waals surface area contributed by atoms with Gasteiger partial charge in [0, 0.05) is 30.2 Å². The van der Waals surface area contributed by atoms with Crippen molar-refractivity contribution in [2.45, 2.75) is 45.9 Å². The Morgan fingerprint density at radius 1 is 1.21 bits per heavy atom. The first kappa shape index (κ1) is 22.8. The standard InChI is InChI=1S/C22H29ClN2O2.ClH/c1-14(2)18-12-21(26)15(3)11-22(18)27-16(4)25-10-9-24-13-20(25)17-7-5-6-8-19(17)23;/h5-8,11-12,14,16,20,24,26H,9-10,13H2,1-4H3;1H. The van der Waals surface area contributed by atoms with Crippen LogP contribution in [0.3, 0.4) is 0 Å². The fraction of sp³-hybridized carbons (Fsp3) is 0.455. The molecule has 4 nitrogen and oxygen atoms in total. The molecule has 1 fully saturated rings. The topological polar surface area (TPSA) is 44.7 Å². The molecule has 3 rings (SSSR count). The minimum atomic E-state index is -0.116. The van der Waals surface area contributed by atoms with E-state index >= 15 is 0 Å². The van der Waals surface area contributed by atoms with Crippen LogP contribution in [0.4, 0.5) is 0 Å². The number of aryl methyl sites for hydroxylation is 1. The predicted molar refractivity (Wildman–Crippen MR) is 118 cm³/mol. The Hall–Kier alpha value is -1.46. The summed E-state index contributed by atoms with van der Waals surface area (Å²) in [6, 6.07) is 11.9. The molecule has 1 saturated heterocycles. The Morgan fingerprint density at radius 3 is 2.61 bits per heavy atom. The second-order valence-corrected chi connectivity index (χ2v) is 7.93. The fourth-order valence-electron chi connectivity index (χ4n) is 3.68. The van der Waals surface area contributed by atoms with Gasteiger partial charge in [0.15, 0.2) is 0 Å². The van der Waals surface area contributed by atoms with Gasteiger partial charge in [-0.15, -0.1) is 12.4 Å². The molecule has 0 bridgehead atoms. The Bertz CT molecular complexity index is 798.